The second-order valence-electron chi connectivity index (χ2n) is 3.85. The van der Waals surface area contributed by atoms with Crippen LogP contribution in [0, 0.1) is 38.0 Å². The van der Waals surface area contributed by atoms with Crippen LogP contribution in [-0.4, -0.2) is 33.6 Å². The van der Waals surface area contributed by atoms with Crippen LogP contribution in [0.5, 0.6) is 5.75 Å². The van der Waals surface area contributed by atoms with Crippen LogP contribution in [0.3, 0.4) is 0 Å². The second-order valence-corrected chi connectivity index (χ2v) is 3.85. The third kappa shape index (κ3) is 5.62. The quantitative estimate of drug-likeness (QED) is 0.374. The van der Waals surface area contributed by atoms with Gasteiger partial charge in [-0.1, -0.05) is 12.1 Å². The molecule has 1 aromatic carbocycles. The number of nitrogens with one attached hydrogen (secondary N) is 1. The number of hydrogen-bond donors (Lipinski definition) is 1. The monoisotopic (exact) mass is 533 g/mol. The van der Waals surface area contributed by atoms with Crippen molar-refractivity contribution < 1.29 is 49.0 Å². The van der Waals surface area contributed by atoms with Crippen LogP contribution in [0.2, 0.25) is 0 Å². The van der Waals surface area contributed by atoms with Gasteiger partial charge in [0.1, 0.15) is 11.6 Å². The smallest absolute Gasteiger partial charge is 0.634 e. The number of aromatic nitrogens is 3. The van der Waals surface area contributed by atoms with Crippen molar-refractivity contribution in [2.24, 2.45) is 4.99 Å². The molecular formula is C12H8F3N5OU. The molecule has 2 rings (SSSR count). The van der Waals surface area contributed by atoms with Crippen LogP contribution in [0.15, 0.2) is 29.3 Å². The normalized spacial score (nSPS) is 11.3. The van der Waals surface area contributed by atoms with Crippen molar-refractivity contribution in [1.29, 1.82) is 0 Å². The maximum absolute atomic E-state index is 12.0. The molecule has 0 aliphatic rings. The minimum atomic E-state index is -4.76. The van der Waals surface area contributed by atoms with E-state index in [0.717, 1.165) is 12.1 Å². The van der Waals surface area contributed by atoms with E-state index in [0.29, 0.717) is 5.82 Å². The molecule has 0 amide bonds. The first-order valence-corrected chi connectivity index (χ1v) is 5.61. The Balaban J connectivity index is 0.00000242. The van der Waals surface area contributed by atoms with E-state index < -0.39 is 17.9 Å². The summed E-state index contributed by atoms with van der Waals surface area (Å²) in [6, 6.07) is 4.58. The van der Waals surface area contributed by atoms with Crippen LogP contribution in [0.25, 0.3) is 5.41 Å². The minimum absolute atomic E-state index is 0. The summed E-state index contributed by atoms with van der Waals surface area (Å²) in [6.45, 7) is 1.66. The first-order chi connectivity index (χ1) is 9.83. The molecule has 1 aromatic heterocycles. The molecule has 2 aromatic rings. The molecule has 0 bridgehead atoms. The first-order valence-electron chi connectivity index (χ1n) is 5.61. The zero-order chi connectivity index (χ0) is 15.5. The van der Waals surface area contributed by atoms with Gasteiger partial charge in [0.15, 0.2) is 0 Å². The number of nitrogens with zero attached hydrogens (tertiary/aromatic N) is 4. The maximum atomic E-state index is 12.0. The Labute approximate surface area is 147 Å². The first kappa shape index (κ1) is 18.4. The maximum Gasteiger partial charge on any atom is 2.00 e. The Morgan fingerprint density at radius 2 is 1.95 bits per heavy atom. The van der Waals surface area contributed by atoms with Crippen molar-refractivity contribution in [3.63, 3.8) is 0 Å². The van der Waals surface area contributed by atoms with Gasteiger partial charge < -0.3 is 15.1 Å². The Bertz CT molecular complexity index is 666. The molecule has 6 nitrogen and oxygen atoms in total. The topological polar surface area (TPSA) is 85.5 Å². The zero-order valence-electron chi connectivity index (χ0n) is 11.1. The molecule has 0 spiro atoms. The number of aromatic amines is 1. The fourth-order valence-electron chi connectivity index (χ4n) is 1.37. The Morgan fingerprint density at radius 3 is 2.45 bits per heavy atom. The van der Waals surface area contributed by atoms with Crippen molar-refractivity contribution in [1.82, 2.24) is 15.2 Å². The van der Waals surface area contributed by atoms with Gasteiger partial charge in [-0.15, -0.1) is 18.7 Å². The predicted molar refractivity (Wildman–Crippen MR) is 68.2 cm³/mol. The molecule has 0 saturated heterocycles. The van der Waals surface area contributed by atoms with Crippen molar-refractivity contribution >= 4 is 12.1 Å². The predicted octanol–water partition coefficient (Wildman–Crippen LogP) is 2.32. The number of aryl methyl sites for hydroxylation is 1. The van der Waals surface area contributed by atoms with Gasteiger partial charge in [0.25, 0.3) is 0 Å². The van der Waals surface area contributed by atoms with Crippen LogP contribution < -0.4 is 4.74 Å². The summed E-state index contributed by atoms with van der Waals surface area (Å²) in [5.74, 6) is -0.114. The van der Waals surface area contributed by atoms with Gasteiger partial charge in [0.05, 0.1) is 5.82 Å². The number of H-pyrrole nitrogens is 1. The Hall–Kier alpha value is -1.66. The van der Waals surface area contributed by atoms with Crippen molar-refractivity contribution in [3.05, 3.63) is 46.9 Å². The molecule has 1 heterocycles. The van der Waals surface area contributed by atoms with E-state index in [4.69, 9.17) is 0 Å². The zero-order valence-corrected chi connectivity index (χ0v) is 15.3. The van der Waals surface area contributed by atoms with Crippen molar-refractivity contribution in [2.45, 2.75) is 13.3 Å². The molecule has 0 atom stereocenters. The van der Waals surface area contributed by atoms with Gasteiger partial charge in [-0.3, -0.25) is 5.10 Å². The summed E-state index contributed by atoms with van der Waals surface area (Å²) in [6.07, 6.45) is -2.35. The van der Waals surface area contributed by atoms with Gasteiger partial charge in [-0.25, -0.2) is 17.0 Å². The third-order valence-corrected chi connectivity index (χ3v) is 2.21. The van der Waals surface area contributed by atoms with E-state index in [9.17, 15) is 18.6 Å². The van der Waals surface area contributed by atoms with Crippen molar-refractivity contribution in [2.75, 3.05) is 0 Å². The summed E-state index contributed by atoms with van der Waals surface area (Å²) in [4.78, 5) is 7.50. The van der Waals surface area contributed by atoms with Crippen LogP contribution in [0.1, 0.15) is 17.2 Å². The van der Waals surface area contributed by atoms with Gasteiger partial charge >= 0.3 is 37.5 Å². The summed E-state index contributed by atoms with van der Waals surface area (Å²) in [5, 5.41) is 15.9. The van der Waals surface area contributed by atoms with E-state index in [2.05, 4.69) is 31.1 Å². The van der Waals surface area contributed by atoms with Crippen molar-refractivity contribution in [3.8, 4) is 5.75 Å². The minimum Gasteiger partial charge on any atom is -0.634 e. The number of amidine groups is 1. The molecular weight excluding hydrogens is 525 g/mol. The number of hydrogen-bond acceptors (Lipinski definition) is 3. The van der Waals surface area contributed by atoms with Gasteiger partial charge in [0.2, 0.25) is 0 Å². The fourth-order valence-corrected chi connectivity index (χ4v) is 1.37. The largest absolute Gasteiger partial charge is 2.00 e. The summed E-state index contributed by atoms with van der Waals surface area (Å²) in [5.41, 5.74) is 0.202. The van der Waals surface area contributed by atoms with Gasteiger partial charge in [-0.2, -0.15) is 5.10 Å². The van der Waals surface area contributed by atoms with E-state index in [1.165, 1.54) is 12.1 Å². The molecule has 0 saturated carbocycles. The summed E-state index contributed by atoms with van der Waals surface area (Å²) < 4.78 is 39.7. The molecule has 10 heteroatoms. The number of rotatable bonds is 3. The molecule has 0 fully saturated rings. The molecule has 112 valence electrons. The van der Waals surface area contributed by atoms with E-state index >= 15 is 0 Å². The number of benzene rings is 1. The average Bonchev–Trinajstić information content (AvgIpc) is 2.81. The van der Waals surface area contributed by atoms with E-state index in [1.54, 1.807) is 6.92 Å². The second kappa shape index (κ2) is 7.56. The molecule has 1 N–H and O–H groups in total. The molecule has 0 radical (unpaired) electrons. The Morgan fingerprint density at radius 1 is 1.32 bits per heavy atom. The number of ether oxygens (including phenoxy) is 1. The summed E-state index contributed by atoms with van der Waals surface area (Å²) >= 11 is 0. The number of alkyl halides is 3. The molecule has 0 unspecified atom stereocenters. The number of aliphatic imine (C=N–C) groups is 1. The molecule has 0 aliphatic carbocycles. The average molecular weight is 533 g/mol. The summed E-state index contributed by atoms with van der Waals surface area (Å²) in [7, 11) is 0. The van der Waals surface area contributed by atoms with Crippen LogP contribution >= 0.6 is 0 Å². The van der Waals surface area contributed by atoms with Gasteiger partial charge in [-0.05, 0) is 19.1 Å². The SMILES string of the molecule is Cc1n[nH]c([C-]=NC(=[N-])c2ccc(OC(F)(F)F)cc2)n1.[U+2]. The van der Waals surface area contributed by atoms with Crippen LogP contribution in [0.4, 0.5) is 13.2 Å². The van der Waals surface area contributed by atoms with Gasteiger partial charge in [0, 0.05) is 0 Å². The van der Waals surface area contributed by atoms with E-state index in [-0.39, 0.29) is 42.5 Å². The Kier molecular flexibility index (Phi) is 6.32. The number of halogens is 3. The molecule has 22 heavy (non-hydrogen) atoms. The van der Waals surface area contributed by atoms with Crippen LogP contribution in [-0.2, 0) is 0 Å². The van der Waals surface area contributed by atoms with E-state index in [1.807, 2.05) is 0 Å². The molecule has 0 aliphatic heterocycles. The third-order valence-electron chi connectivity index (χ3n) is 2.21. The standard InChI is InChI=1S/C12H8F3N5O.U/c1-7-18-10(20-19-7)6-17-11(16)8-2-4-9(5-3-8)21-12(13,14)15;/h2-5H,1H3,(H,18,19,20);/q-2;+2. The fraction of sp³-hybridized carbons (Fsp3) is 0.167.